The van der Waals surface area contributed by atoms with E-state index in [1.807, 2.05) is 0 Å². The molecule has 0 aliphatic heterocycles. The highest BCUT2D eigenvalue weighted by molar-refractivity contribution is 6.17. The average Bonchev–Trinajstić information content (AvgIpc) is 2.29. The Balaban J connectivity index is 2.77. The monoisotopic (exact) mass is 282 g/mol. The molecule has 0 spiro atoms. The molecule has 0 fully saturated rings. The van der Waals surface area contributed by atoms with Crippen LogP contribution in [0.3, 0.4) is 0 Å². The van der Waals surface area contributed by atoms with Gasteiger partial charge >= 0.3 is 6.18 Å². The van der Waals surface area contributed by atoms with Gasteiger partial charge in [0.15, 0.2) is 0 Å². The van der Waals surface area contributed by atoms with E-state index in [2.05, 4.69) is 10.3 Å². The van der Waals surface area contributed by atoms with Crippen molar-refractivity contribution in [2.45, 2.75) is 18.6 Å². The molecule has 1 atom stereocenters. The number of hydrogen-bond donors (Lipinski definition) is 1. The maximum Gasteiger partial charge on any atom is 0.433 e. The van der Waals surface area contributed by atoms with Crippen molar-refractivity contribution in [2.75, 3.05) is 24.9 Å². The van der Waals surface area contributed by atoms with Gasteiger partial charge in [-0.05, 0) is 18.6 Å². The lowest BCUT2D eigenvalue weighted by Crippen LogP contribution is -2.26. The molecule has 1 aromatic heterocycles. The number of ether oxygens (including phenoxy) is 1. The SMILES string of the molecule is COCC(CCCl)Nc1cccc(C(F)(F)F)n1. The zero-order valence-electron chi connectivity index (χ0n) is 9.80. The third-order valence-corrected chi connectivity index (χ3v) is 2.44. The van der Waals surface area contributed by atoms with Crippen LogP contribution in [-0.4, -0.2) is 30.6 Å². The van der Waals surface area contributed by atoms with E-state index in [1.165, 1.54) is 19.2 Å². The van der Waals surface area contributed by atoms with Crippen molar-refractivity contribution in [1.82, 2.24) is 4.98 Å². The predicted molar refractivity (Wildman–Crippen MR) is 63.9 cm³/mol. The molecule has 0 bridgehead atoms. The van der Waals surface area contributed by atoms with E-state index >= 15 is 0 Å². The second-order valence-electron chi connectivity index (χ2n) is 3.68. The van der Waals surface area contributed by atoms with Gasteiger partial charge in [0.2, 0.25) is 0 Å². The van der Waals surface area contributed by atoms with E-state index in [4.69, 9.17) is 16.3 Å². The standard InChI is InChI=1S/C11H14ClF3N2O/c1-18-7-8(5-6-12)16-10-4-2-3-9(17-10)11(13,14)15/h2-4,8H,5-7H2,1H3,(H,16,17). The molecule has 0 saturated heterocycles. The number of nitrogens with zero attached hydrogens (tertiary/aromatic N) is 1. The van der Waals surface area contributed by atoms with Crippen LogP contribution in [0.4, 0.5) is 19.0 Å². The second kappa shape index (κ2) is 6.80. The van der Waals surface area contributed by atoms with Crippen molar-refractivity contribution >= 4 is 17.4 Å². The third kappa shape index (κ3) is 4.70. The van der Waals surface area contributed by atoms with Crippen molar-refractivity contribution in [1.29, 1.82) is 0 Å². The van der Waals surface area contributed by atoms with E-state index in [9.17, 15) is 13.2 Å². The molecule has 0 radical (unpaired) electrons. The molecule has 102 valence electrons. The molecule has 18 heavy (non-hydrogen) atoms. The number of alkyl halides is 4. The fourth-order valence-corrected chi connectivity index (χ4v) is 1.68. The van der Waals surface area contributed by atoms with E-state index in [-0.39, 0.29) is 11.9 Å². The molecule has 1 N–H and O–H groups in total. The lowest BCUT2D eigenvalue weighted by atomic mass is 10.2. The first-order valence-corrected chi connectivity index (χ1v) is 5.86. The summed E-state index contributed by atoms with van der Waals surface area (Å²) in [5.41, 5.74) is -0.922. The van der Waals surface area contributed by atoms with Gasteiger partial charge in [0, 0.05) is 13.0 Å². The number of methoxy groups -OCH3 is 1. The lowest BCUT2D eigenvalue weighted by Gasteiger charge is -2.18. The molecule has 0 amide bonds. The van der Waals surface area contributed by atoms with E-state index in [0.717, 1.165) is 6.07 Å². The molecule has 0 aliphatic rings. The van der Waals surface area contributed by atoms with Gasteiger partial charge in [-0.3, -0.25) is 0 Å². The minimum absolute atomic E-state index is 0.163. The summed E-state index contributed by atoms with van der Waals surface area (Å²) in [4.78, 5) is 3.51. The first-order valence-electron chi connectivity index (χ1n) is 5.33. The maximum absolute atomic E-state index is 12.5. The van der Waals surface area contributed by atoms with Crippen molar-refractivity contribution in [2.24, 2.45) is 0 Å². The first kappa shape index (κ1) is 15.0. The number of aromatic nitrogens is 1. The van der Waals surface area contributed by atoms with Crippen LogP contribution in [0.25, 0.3) is 0 Å². The summed E-state index contributed by atoms with van der Waals surface area (Å²) >= 11 is 5.61. The van der Waals surface area contributed by atoms with Crippen LogP contribution in [0.15, 0.2) is 18.2 Å². The summed E-state index contributed by atoms with van der Waals surface area (Å²) in [7, 11) is 1.52. The number of anilines is 1. The summed E-state index contributed by atoms with van der Waals surface area (Å²) in [6.07, 6.45) is -3.87. The van der Waals surface area contributed by atoms with Gasteiger partial charge in [0.25, 0.3) is 0 Å². The van der Waals surface area contributed by atoms with Crippen LogP contribution >= 0.6 is 11.6 Å². The second-order valence-corrected chi connectivity index (χ2v) is 4.06. The smallest absolute Gasteiger partial charge is 0.383 e. The minimum Gasteiger partial charge on any atom is -0.383 e. The fourth-order valence-electron chi connectivity index (χ4n) is 1.41. The third-order valence-electron chi connectivity index (χ3n) is 2.22. The molecule has 1 aromatic rings. The molecule has 3 nitrogen and oxygen atoms in total. The van der Waals surface area contributed by atoms with Gasteiger partial charge in [0.1, 0.15) is 11.5 Å². The highest BCUT2D eigenvalue weighted by atomic mass is 35.5. The van der Waals surface area contributed by atoms with Crippen molar-refractivity contribution in [3.8, 4) is 0 Å². The van der Waals surface area contributed by atoms with E-state index in [1.54, 1.807) is 0 Å². The van der Waals surface area contributed by atoms with Crippen molar-refractivity contribution in [3.63, 3.8) is 0 Å². The predicted octanol–water partition coefficient (Wildman–Crippen LogP) is 3.16. The molecule has 7 heteroatoms. The number of pyridine rings is 1. The van der Waals surface area contributed by atoms with Crippen LogP contribution in [0.5, 0.6) is 0 Å². The van der Waals surface area contributed by atoms with Gasteiger partial charge in [-0.25, -0.2) is 4.98 Å². The highest BCUT2D eigenvalue weighted by Crippen LogP contribution is 2.28. The Hall–Kier alpha value is -1.01. The Morgan fingerprint density at radius 2 is 2.17 bits per heavy atom. The quantitative estimate of drug-likeness (QED) is 0.814. The number of hydrogen-bond acceptors (Lipinski definition) is 3. The Labute approximate surface area is 108 Å². The lowest BCUT2D eigenvalue weighted by molar-refractivity contribution is -0.141. The summed E-state index contributed by atoms with van der Waals surface area (Å²) in [6.45, 7) is 0.352. The number of nitrogens with one attached hydrogen (secondary N) is 1. The van der Waals surface area contributed by atoms with Crippen LogP contribution in [0.1, 0.15) is 12.1 Å². The molecular formula is C11H14ClF3N2O. The summed E-state index contributed by atoms with van der Waals surface area (Å²) in [6, 6.07) is 3.55. The van der Waals surface area contributed by atoms with E-state index < -0.39 is 11.9 Å². The normalized spacial score (nSPS) is 13.4. The van der Waals surface area contributed by atoms with Gasteiger partial charge in [-0.1, -0.05) is 6.07 Å². The Bertz CT molecular complexity index is 368. The van der Waals surface area contributed by atoms with Crippen LogP contribution < -0.4 is 5.32 Å². The van der Waals surface area contributed by atoms with Gasteiger partial charge < -0.3 is 10.1 Å². The first-order chi connectivity index (χ1) is 8.47. The number of rotatable bonds is 6. The minimum atomic E-state index is -4.44. The molecule has 1 unspecified atom stereocenters. The maximum atomic E-state index is 12.5. The van der Waals surface area contributed by atoms with Crippen molar-refractivity contribution < 1.29 is 17.9 Å². The van der Waals surface area contributed by atoms with Crippen LogP contribution in [-0.2, 0) is 10.9 Å². The molecular weight excluding hydrogens is 269 g/mol. The fraction of sp³-hybridized carbons (Fsp3) is 0.545. The van der Waals surface area contributed by atoms with E-state index in [0.29, 0.717) is 18.9 Å². The molecule has 0 aromatic carbocycles. The summed E-state index contributed by atoms with van der Waals surface area (Å²) in [5.74, 6) is 0.553. The molecule has 0 aliphatic carbocycles. The van der Waals surface area contributed by atoms with Crippen LogP contribution in [0, 0.1) is 0 Å². The summed E-state index contributed by atoms with van der Waals surface area (Å²) < 4.78 is 42.4. The molecule has 1 heterocycles. The number of halogens is 4. The Morgan fingerprint density at radius 1 is 1.44 bits per heavy atom. The zero-order valence-corrected chi connectivity index (χ0v) is 10.6. The van der Waals surface area contributed by atoms with Gasteiger partial charge in [0.05, 0.1) is 12.6 Å². The zero-order chi connectivity index (χ0) is 13.6. The Morgan fingerprint density at radius 3 is 2.72 bits per heavy atom. The summed E-state index contributed by atoms with van der Waals surface area (Å²) in [5, 5.41) is 2.87. The van der Waals surface area contributed by atoms with Crippen LogP contribution in [0.2, 0.25) is 0 Å². The molecule has 1 rings (SSSR count). The largest absolute Gasteiger partial charge is 0.433 e. The van der Waals surface area contributed by atoms with Crippen molar-refractivity contribution in [3.05, 3.63) is 23.9 Å². The Kier molecular flexibility index (Phi) is 5.68. The highest BCUT2D eigenvalue weighted by Gasteiger charge is 2.32. The van der Waals surface area contributed by atoms with Gasteiger partial charge in [-0.15, -0.1) is 11.6 Å². The topological polar surface area (TPSA) is 34.1 Å². The average molecular weight is 283 g/mol. The van der Waals surface area contributed by atoms with Gasteiger partial charge in [-0.2, -0.15) is 13.2 Å². The molecule has 0 saturated carbocycles.